The largest absolute Gasteiger partial charge is 0.407 e. The number of benzene rings is 2. The Bertz CT molecular complexity index is 779. The van der Waals surface area contributed by atoms with Crippen LogP contribution >= 0.6 is 0 Å². The first kappa shape index (κ1) is 19.8. The minimum Gasteiger partial charge on any atom is -0.407 e. The second kappa shape index (κ2) is 7.57. The number of rotatable bonds is 5. The molecule has 0 aliphatic heterocycles. The Balaban J connectivity index is 2.06. The molecule has 0 bridgehead atoms. The number of hydrogen-bond acceptors (Lipinski definition) is 2. The highest BCUT2D eigenvalue weighted by Crippen LogP contribution is 2.38. The molecule has 0 heterocycles. The van der Waals surface area contributed by atoms with E-state index in [-0.39, 0.29) is 22.7 Å². The zero-order chi connectivity index (χ0) is 19.7. The SMILES string of the molecule is CC1=C[C@@H](C)[C@H](CO[Si](c2ccccc2)(c2ccccc2)C(C)(C)C)C1=O. The second-order valence-electron chi connectivity index (χ2n) is 8.65. The van der Waals surface area contributed by atoms with Gasteiger partial charge in [-0.05, 0) is 33.8 Å². The first-order valence-electron chi connectivity index (χ1n) is 9.75. The summed E-state index contributed by atoms with van der Waals surface area (Å²) in [4.78, 5) is 12.6. The van der Waals surface area contributed by atoms with Crippen molar-refractivity contribution in [3.63, 3.8) is 0 Å². The molecule has 0 radical (unpaired) electrons. The molecule has 0 saturated heterocycles. The van der Waals surface area contributed by atoms with Crippen molar-refractivity contribution in [3.8, 4) is 0 Å². The molecule has 0 N–H and O–H groups in total. The standard InChI is InChI=1S/C24H30O2Si/c1-18-16-19(2)23(25)22(18)17-26-27(24(3,4)5,20-12-8-6-9-13-20)21-14-10-7-11-15-21/h6-16,18,22H,17H2,1-5H3/t18-,22+/m1/s1. The molecule has 2 aromatic carbocycles. The molecule has 0 saturated carbocycles. The second-order valence-corrected chi connectivity index (χ2v) is 13.0. The van der Waals surface area contributed by atoms with Crippen LogP contribution in [0.3, 0.4) is 0 Å². The lowest BCUT2D eigenvalue weighted by Gasteiger charge is -2.43. The Morgan fingerprint density at radius 1 is 0.926 bits per heavy atom. The maximum absolute atomic E-state index is 12.6. The van der Waals surface area contributed by atoms with Crippen molar-refractivity contribution in [1.29, 1.82) is 0 Å². The van der Waals surface area contributed by atoms with Gasteiger partial charge < -0.3 is 4.43 Å². The summed E-state index contributed by atoms with van der Waals surface area (Å²) in [5.41, 5.74) is 0.874. The molecule has 0 spiro atoms. The molecular formula is C24H30O2Si. The van der Waals surface area contributed by atoms with Gasteiger partial charge in [-0.1, -0.05) is 94.4 Å². The highest BCUT2D eigenvalue weighted by atomic mass is 28.4. The lowest BCUT2D eigenvalue weighted by molar-refractivity contribution is -0.120. The summed E-state index contributed by atoms with van der Waals surface area (Å²) >= 11 is 0. The van der Waals surface area contributed by atoms with E-state index in [1.165, 1.54) is 10.4 Å². The van der Waals surface area contributed by atoms with Gasteiger partial charge in [0.1, 0.15) is 0 Å². The number of carbonyl (C=O) groups excluding carboxylic acids is 1. The van der Waals surface area contributed by atoms with Crippen molar-refractivity contribution in [3.05, 3.63) is 72.3 Å². The first-order chi connectivity index (χ1) is 12.8. The third-order valence-corrected chi connectivity index (χ3v) is 10.8. The van der Waals surface area contributed by atoms with Crippen LogP contribution in [0.15, 0.2) is 72.3 Å². The lowest BCUT2D eigenvalue weighted by Crippen LogP contribution is -2.67. The van der Waals surface area contributed by atoms with Crippen LogP contribution in [-0.4, -0.2) is 20.7 Å². The quantitative estimate of drug-likeness (QED) is 0.723. The van der Waals surface area contributed by atoms with E-state index in [9.17, 15) is 4.79 Å². The van der Waals surface area contributed by atoms with Gasteiger partial charge in [-0.25, -0.2) is 0 Å². The summed E-state index contributed by atoms with van der Waals surface area (Å²) in [6.45, 7) is 11.3. The monoisotopic (exact) mass is 378 g/mol. The maximum Gasteiger partial charge on any atom is 0.261 e. The topological polar surface area (TPSA) is 26.3 Å². The Hall–Kier alpha value is -1.97. The Labute approximate surface area is 164 Å². The number of allylic oxidation sites excluding steroid dienone is 2. The molecule has 2 atom stereocenters. The van der Waals surface area contributed by atoms with Gasteiger partial charge in [0.15, 0.2) is 5.78 Å². The van der Waals surface area contributed by atoms with E-state index in [4.69, 9.17) is 4.43 Å². The van der Waals surface area contributed by atoms with Crippen molar-refractivity contribution >= 4 is 24.5 Å². The van der Waals surface area contributed by atoms with E-state index in [0.717, 1.165) is 5.57 Å². The van der Waals surface area contributed by atoms with E-state index in [1.807, 2.05) is 19.1 Å². The van der Waals surface area contributed by atoms with E-state index in [0.29, 0.717) is 6.61 Å². The Morgan fingerprint density at radius 2 is 1.41 bits per heavy atom. The molecule has 1 aliphatic rings. The van der Waals surface area contributed by atoms with Crippen LogP contribution in [0.2, 0.25) is 5.04 Å². The average Bonchev–Trinajstić information content (AvgIpc) is 2.88. The van der Waals surface area contributed by atoms with Gasteiger partial charge in [0, 0.05) is 6.61 Å². The molecule has 27 heavy (non-hydrogen) atoms. The lowest BCUT2D eigenvalue weighted by atomic mass is 9.97. The van der Waals surface area contributed by atoms with Gasteiger partial charge in [0.2, 0.25) is 0 Å². The zero-order valence-electron chi connectivity index (χ0n) is 17.0. The number of carbonyl (C=O) groups is 1. The van der Waals surface area contributed by atoms with Gasteiger partial charge in [0.05, 0.1) is 5.92 Å². The third kappa shape index (κ3) is 3.58. The fraction of sp³-hybridized carbons (Fsp3) is 0.375. The van der Waals surface area contributed by atoms with Crippen molar-refractivity contribution in [2.45, 2.75) is 39.7 Å². The van der Waals surface area contributed by atoms with Crippen molar-refractivity contribution in [2.75, 3.05) is 6.61 Å². The van der Waals surface area contributed by atoms with Crippen LogP contribution in [0.5, 0.6) is 0 Å². The van der Waals surface area contributed by atoms with E-state index in [2.05, 4.69) is 82.3 Å². The molecular weight excluding hydrogens is 348 g/mol. The molecule has 0 fully saturated rings. The fourth-order valence-electron chi connectivity index (χ4n) is 4.33. The summed E-state index contributed by atoms with van der Waals surface area (Å²) in [7, 11) is -2.57. The number of ketones is 1. The van der Waals surface area contributed by atoms with Crippen LogP contribution < -0.4 is 10.4 Å². The van der Waals surface area contributed by atoms with Gasteiger partial charge in [-0.3, -0.25) is 4.79 Å². The van der Waals surface area contributed by atoms with Gasteiger partial charge >= 0.3 is 0 Å². The summed E-state index contributed by atoms with van der Waals surface area (Å²) in [5, 5.41) is 2.45. The van der Waals surface area contributed by atoms with Crippen molar-refractivity contribution in [1.82, 2.24) is 0 Å². The van der Waals surface area contributed by atoms with E-state index < -0.39 is 8.32 Å². The Kier molecular flexibility index (Phi) is 5.54. The summed E-state index contributed by atoms with van der Waals surface area (Å²) in [5.74, 6) is 0.391. The molecule has 0 unspecified atom stereocenters. The van der Waals surface area contributed by atoms with Crippen molar-refractivity contribution in [2.24, 2.45) is 11.8 Å². The molecule has 142 valence electrons. The minimum absolute atomic E-state index is 0.0664. The number of Topliss-reactive ketones (excluding diaryl/α,β-unsaturated/α-hetero) is 1. The predicted molar refractivity (Wildman–Crippen MR) is 115 cm³/mol. The van der Waals surface area contributed by atoms with Crippen LogP contribution in [-0.2, 0) is 9.22 Å². The fourth-order valence-corrected chi connectivity index (χ4v) is 8.91. The van der Waals surface area contributed by atoms with Gasteiger partial charge in [-0.15, -0.1) is 0 Å². The molecule has 0 amide bonds. The molecule has 3 heteroatoms. The third-order valence-electron chi connectivity index (χ3n) is 5.77. The molecule has 2 nitrogen and oxygen atoms in total. The predicted octanol–water partition coefficient (Wildman–Crippen LogP) is 4.34. The Morgan fingerprint density at radius 3 is 1.78 bits per heavy atom. The molecule has 3 rings (SSSR count). The van der Waals surface area contributed by atoms with Crippen LogP contribution in [0.4, 0.5) is 0 Å². The van der Waals surface area contributed by atoms with Crippen molar-refractivity contribution < 1.29 is 9.22 Å². The summed E-state index contributed by atoms with van der Waals surface area (Å²) < 4.78 is 6.92. The normalized spacial score (nSPS) is 20.6. The zero-order valence-corrected chi connectivity index (χ0v) is 18.0. The highest BCUT2D eigenvalue weighted by Gasteiger charge is 2.51. The van der Waals surface area contributed by atoms with Crippen LogP contribution in [0.25, 0.3) is 0 Å². The average molecular weight is 379 g/mol. The molecule has 0 aromatic heterocycles. The van der Waals surface area contributed by atoms with Gasteiger partial charge in [0.25, 0.3) is 8.32 Å². The van der Waals surface area contributed by atoms with Crippen LogP contribution in [0.1, 0.15) is 34.6 Å². The van der Waals surface area contributed by atoms with E-state index >= 15 is 0 Å². The smallest absolute Gasteiger partial charge is 0.261 e. The van der Waals surface area contributed by atoms with E-state index in [1.54, 1.807) is 0 Å². The number of hydrogen-bond donors (Lipinski definition) is 0. The molecule has 2 aromatic rings. The molecule has 1 aliphatic carbocycles. The minimum atomic E-state index is -2.57. The van der Waals surface area contributed by atoms with Crippen LogP contribution in [0, 0.1) is 11.8 Å². The highest BCUT2D eigenvalue weighted by molar-refractivity contribution is 6.99. The van der Waals surface area contributed by atoms with Gasteiger partial charge in [-0.2, -0.15) is 0 Å². The first-order valence-corrected chi connectivity index (χ1v) is 11.7. The summed E-state index contributed by atoms with van der Waals surface area (Å²) in [6.07, 6.45) is 2.09. The maximum atomic E-state index is 12.6. The summed E-state index contributed by atoms with van der Waals surface area (Å²) in [6, 6.07) is 21.2.